The number of halogens is 1. The molecule has 2 nitrogen and oxygen atoms in total. The monoisotopic (exact) mass is 284 g/mol. The van der Waals surface area contributed by atoms with Gasteiger partial charge in [-0.15, -0.1) is 6.58 Å². The van der Waals surface area contributed by atoms with E-state index in [-0.39, 0.29) is 29.9 Å². The van der Waals surface area contributed by atoms with Crippen LogP contribution in [0.4, 0.5) is 4.39 Å². The lowest BCUT2D eigenvalue weighted by Gasteiger charge is -2.23. The zero-order valence-corrected chi connectivity index (χ0v) is 13.7. The minimum Gasteiger partial charge on any atom is -0.344 e. The van der Waals surface area contributed by atoms with Crippen LogP contribution in [0.1, 0.15) is 48.0 Å². The third kappa shape index (κ3) is 4.42. The zero-order valence-electron chi connectivity index (χ0n) is 13.7. The van der Waals surface area contributed by atoms with Crippen LogP contribution in [0.3, 0.4) is 0 Å². The van der Waals surface area contributed by atoms with Gasteiger partial charge in [0.15, 0.2) is 5.79 Å². The molecule has 0 aromatic rings. The fourth-order valence-corrected chi connectivity index (χ4v) is 2.39. The first-order valence-corrected chi connectivity index (χ1v) is 7.51. The SMILES string of the molecule is C=CC[C@@H]1OC(C)(C)O[C@@H]1[C@H](C)/C(F)=C\[C@@H](C)C(C)C. The Morgan fingerprint density at radius 3 is 2.35 bits per heavy atom. The van der Waals surface area contributed by atoms with E-state index in [9.17, 15) is 4.39 Å². The Balaban J connectivity index is 2.83. The molecule has 0 aliphatic carbocycles. The van der Waals surface area contributed by atoms with Gasteiger partial charge in [-0.1, -0.05) is 33.8 Å². The highest BCUT2D eigenvalue weighted by Gasteiger charge is 2.44. The third-order valence-corrected chi connectivity index (χ3v) is 4.02. The van der Waals surface area contributed by atoms with Crippen molar-refractivity contribution in [2.24, 2.45) is 17.8 Å². The number of allylic oxidation sites excluding steroid dienone is 1. The van der Waals surface area contributed by atoms with Gasteiger partial charge in [0.2, 0.25) is 0 Å². The van der Waals surface area contributed by atoms with E-state index in [4.69, 9.17) is 9.47 Å². The molecule has 20 heavy (non-hydrogen) atoms. The average Bonchev–Trinajstić information content (AvgIpc) is 2.63. The van der Waals surface area contributed by atoms with E-state index in [1.54, 1.807) is 12.2 Å². The Morgan fingerprint density at radius 2 is 1.85 bits per heavy atom. The van der Waals surface area contributed by atoms with E-state index < -0.39 is 5.79 Å². The maximum absolute atomic E-state index is 14.4. The van der Waals surface area contributed by atoms with E-state index in [1.165, 1.54) is 0 Å². The van der Waals surface area contributed by atoms with Crippen molar-refractivity contribution < 1.29 is 13.9 Å². The second kappa shape index (κ2) is 6.86. The molecule has 0 amide bonds. The van der Waals surface area contributed by atoms with Crippen molar-refractivity contribution in [1.29, 1.82) is 0 Å². The lowest BCUT2D eigenvalue weighted by Crippen LogP contribution is -2.30. The summed E-state index contributed by atoms with van der Waals surface area (Å²) in [5.41, 5.74) is 0. The predicted molar refractivity (Wildman–Crippen MR) is 81.0 cm³/mol. The Labute approximate surface area is 123 Å². The molecule has 1 heterocycles. The lowest BCUT2D eigenvalue weighted by molar-refractivity contribution is -0.149. The Hall–Kier alpha value is -0.670. The molecule has 1 aliphatic heterocycles. The maximum Gasteiger partial charge on any atom is 0.163 e. The fraction of sp³-hybridized carbons (Fsp3) is 0.765. The van der Waals surface area contributed by atoms with Gasteiger partial charge in [-0.2, -0.15) is 0 Å². The highest BCUT2D eigenvalue weighted by atomic mass is 19.1. The molecule has 0 radical (unpaired) electrons. The van der Waals surface area contributed by atoms with Crippen molar-refractivity contribution in [1.82, 2.24) is 0 Å². The van der Waals surface area contributed by atoms with Gasteiger partial charge in [-0.25, -0.2) is 4.39 Å². The van der Waals surface area contributed by atoms with Crippen molar-refractivity contribution in [2.45, 2.75) is 66.0 Å². The van der Waals surface area contributed by atoms with Crippen molar-refractivity contribution in [2.75, 3.05) is 0 Å². The Kier molecular flexibility index (Phi) is 5.96. The molecule has 1 aliphatic rings. The van der Waals surface area contributed by atoms with E-state index in [1.807, 2.05) is 27.7 Å². The summed E-state index contributed by atoms with van der Waals surface area (Å²) in [6.07, 6.45) is 3.79. The summed E-state index contributed by atoms with van der Waals surface area (Å²) in [5, 5.41) is 0. The van der Waals surface area contributed by atoms with Crippen LogP contribution in [0.5, 0.6) is 0 Å². The largest absolute Gasteiger partial charge is 0.344 e. The smallest absolute Gasteiger partial charge is 0.163 e. The van der Waals surface area contributed by atoms with Gasteiger partial charge in [0.1, 0.15) is 5.83 Å². The van der Waals surface area contributed by atoms with E-state index >= 15 is 0 Å². The minimum absolute atomic E-state index is 0.105. The van der Waals surface area contributed by atoms with Crippen molar-refractivity contribution in [3.05, 3.63) is 24.6 Å². The van der Waals surface area contributed by atoms with Crippen LogP contribution >= 0.6 is 0 Å². The van der Waals surface area contributed by atoms with Gasteiger partial charge in [0.25, 0.3) is 0 Å². The molecule has 0 aromatic heterocycles. The van der Waals surface area contributed by atoms with Gasteiger partial charge in [0, 0.05) is 5.92 Å². The summed E-state index contributed by atoms with van der Waals surface area (Å²) >= 11 is 0. The normalized spacial score (nSPS) is 29.5. The number of rotatable bonds is 6. The summed E-state index contributed by atoms with van der Waals surface area (Å²) in [4.78, 5) is 0. The maximum atomic E-state index is 14.4. The molecule has 4 atom stereocenters. The number of hydrogen-bond donors (Lipinski definition) is 0. The summed E-state index contributed by atoms with van der Waals surface area (Å²) in [6, 6.07) is 0. The molecular weight excluding hydrogens is 255 g/mol. The van der Waals surface area contributed by atoms with E-state index in [2.05, 4.69) is 20.4 Å². The molecule has 116 valence electrons. The summed E-state index contributed by atoms with van der Waals surface area (Å²) in [6.45, 7) is 15.6. The zero-order chi connectivity index (χ0) is 15.5. The second-order valence-electron chi connectivity index (χ2n) is 6.61. The van der Waals surface area contributed by atoms with Crippen LogP contribution in [0, 0.1) is 17.8 Å². The highest BCUT2D eigenvalue weighted by Crippen LogP contribution is 2.37. The first-order chi connectivity index (χ1) is 9.18. The molecule has 1 fully saturated rings. The molecule has 0 bridgehead atoms. The van der Waals surface area contributed by atoms with Gasteiger partial charge in [-0.3, -0.25) is 0 Å². The van der Waals surface area contributed by atoms with Gasteiger partial charge in [0.05, 0.1) is 12.2 Å². The highest BCUT2D eigenvalue weighted by molar-refractivity contribution is 5.05. The topological polar surface area (TPSA) is 18.5 Å². The van der Waals surface area contributed by atoms with Crippen LogP contribution in [0.25, 0.3) is 0 Å². The molecule has 0 N–H and O–H groups in total. The van der Waals surface area contributed by atoms with E-state index in [0.29, 0.717) is 12.3 Å². The Bertz CT molecular complexity index is 360. The number of hydrogen-bond acceptors (Lipinski definition) is 2. The molecule has 1 saturated heterocycles. The molecule has 0 unspecified atom stereocenters. The molecular formula is C17H29FO2. The van der Waals surface area contributed by atoms with Gasteiger partial charge in [-0.05, 0) is 38.2 Å². The van der Waals surface area contributed by atoms with Gasteiger partial charge < -0.3 is 9.47 Å². The van der Waals surface area contributed by atoms with Gasteiger partial charge >= 0.3 is 0 Å². The third-order valence-electron chi connectivity index (χ3n) is 4.02. The second-order valence-corrected chi connectivity index (χ2v) is 6.61. The molecule has 0 spiro atoms. The first kappa shape index (κ1) is 17.4. The molecule has 0 aromatic carbocycles. The van der Waals surface area contributed by atoms with Crippen LogP contribution in [0.15, 0.2) is 24.6 Å². The lowest BCUT2D eigenvalue weighted by atomic mass is 9.92. The van der Waals surface area contributed by atoms with Crippen molar-refractivity contribution >= 4 is 0 Å². The molecule has 1 rings (SSSR count). The summed E-state index contributed by atoms with van der Waals surface area (Å²) in [5.74, 6) is -0.425. The standard InChI is InChI=1S/C17H29FO2/c1-8-9-15-16(20-17(6,7)19-15)13(5)14(18)10-12(4)11(2)3/h8,10-13,15-16H,1,9H2,2-7H3/b14-10+/t12-,13-,15+,16-/m1/s1. The number of ether oxygens (including phenoxy) is 2. The van der Waals surface area contributed by atoms with Crippen molar-refractivity contribution in [3.8, 4) is 0 Å². The van der Waals surface area contributed by atoms with Crippen LogP contribution < -0.4 is 0 Å². The first-order valence-electron chi connectivity index (χ1n) is 7.51. The minimum atomic E-state index is -0.656. The van der Waals surface area contributed by atoms with Crippen LogP contribution in [0.2, 0.25) is 0 Å². The summed E-state index contributed by atoms with van der Waals surface area (Å²) < 4.78 is 26.2. The Morgan fingerprint density at radius 1 is 1.25 bits per heavy atom. The predicted octanol–water partition coefficient (Wildman–Crippen LogP) is 4.86. The fourth-order valence-electron chi connectivity index (χ4n) is 2.39. The molecule has 3 heteroatoms. The summed E-state index contributed by atoms with van der Waals surface area (Å²) in [7, 11) is 0. The van der Waals surface area contributed by atoms with E-state index in [0.717, 1.165) is 0 Å². The average molecular weight is 284 g/mol. The quantitative estimate of drug-likeness (QED) is 0.648. The van der Waals surface area contributed by atoms with Crippen LogP contribution in [-0.4, -0.2) is 18.0 Å². The molecule has 0 saturated carbocycles. The van der Waals surface area contributed by atoms with Crippen molar-refractivity contribution in [3.63, 3.8) is 0 Å². The van der Waals surface area contributed by atoms with Crippen LogP contribution in [-0.2, 0) is 9.47 Å².